The zero-order valence-corrected chi connectivity index (χ0v) is 14.2. The van der Waals surface area contributed by atoms with Crippen LogP contribution in [0.2, 0.25) is 0 Å². The molecule has 128 valence electrons. The van der Waals surface area contributed by atoms with Gasteiger partial charge in [0.2, 0.25) is 5.91 Å². The number of hydrogen-bond acceptors (Lipinski definition) is 3. The normalized spacial score (nSPS) is 10.8. The summed E-state index contributed by atoms with van der Waals surface area (Å²) in [4.78, 5) is 20.5. The largest absolute Gasteiger partial charge is 0.310 e. The van der Waals surface area contributed by atoms with Crippen molar-refractivity contribution < 1.29 is 4.79 Å². The third kappa shape index (κ3) is 3.47. The molecule has 0 bridgehead atoms. The monoisotopic (exact) mass is 342 g/mol. The van der Waals surface area contributed by atoms with E-state index < -0.39 is 0 Å². The third-order valence-corrected chi connectivity index (χ3v) is 4.29. The Labute approximate surface area is 151 Å². The molecular weight excluding hydrogens is 324 g/mol. The molecule has 2 aromatic carbocycles. The third-order valence-electron chi connectivity index (χ3n) is 4.29. The van der Waals surface area contributed by atoms with Crippen molar-refractivity contribution in [1.29, 1.82) is 0 Å². The van der Waals surface area contributed by atoms with E-state index >= 15 is 0 Å². The zero-order chi connectivity index (χ0) is 17.8. The van der Waals surface area contributed by atoms with Crippen molar-refractivity contribution in [3.63, 3.8) is 0 Å². The average Bonchev–Trinajstić information content (AvgIpc) is 3.10. The van der Waals surface area contributed by atoms with E-state index in [-0.39, 0.29) is 5.91 Å². The summed E-state index contributed by atoms with van der Waals surface area (Å²) in [5, 5.41) is 2.91. The molecule has 0 fully saturated rings. The molecule has 4 rings (SSSR count). The molecule has 2 aromatic heterocycles. The Morgan fingerprint density at radius 1 is 0.962 bits per heavy atom. The molecule has 4 aromatic rings. The number of anilines is 1. The van der Waals surface area contributed by atoms with Gasteiger partial charge in [0.15, 0.2) is 5.65 Å². The van der Waals surface area contributed by atoms with Gasteiger partial charge in [-0.05, 0) is 23.1 Å². The zero-order valence-electron chi connectivity index (χ0n) is 14.2. The Bertz CT molecular complexity index is 1020. The van der Waals surface area contributed by atoms with Gasteiger partial charge in [-0.15, -0.1) is 0 Å². The van der Waals surface area contributed by atoms with Crippen LogP contribution >= 0.6 is 0 Å². The maximum Gasteiger partial charge on any atom is 0.225 e. The number of imidazole rings is 1. The summed E-state index contributed by atoms with van der Waals surface area (Å²) < 4.78 is 1.81. The van der Waals surface area contributed by atoms with Crippen LogP contribution in [0.15, 0.2) is 79.4 Å². The maximum atomic E-state index is 12.2. The first-order valence-corrected chi connectivity index (χ1v) is 8.51. The minimum Gasteiger partial charge on any atom is -0.310 e. The summed E-state index contributed by atoms with van der Waals surface area (Å²) in [6.07, 6.45) is 7.86. The molecule has 1 amide bonds. The molecule has 5 heteroatoms. The van der Waals surface area contributed by atoms with E-state index in [4.69, 9.17) is 0 Å². The van der Waals surface area contributed by atoms with Crippen LogP contribution in [0.5, 0.6) is 0 Å². The summed E-state index contributed by atoms with van der Waals surface area (Å²) in [6, 6.07) is 18.6. The van der Waals surface area contributed by atoms with Gasteiger partial charge >= 0.3 is 0 Å². The highest BCUT2D eigenvalue weighted by Gasteiger charge is 2.08. The fourth-order valence-electron chi connectivity index (χ4n) is 2.89. The van der Waals surface area contributed by atoms with Crippen LogP contribution in [-0.4, -0.2) is 20.3 Å². The molecule has 1 N–H and O–H groups in total. The minimum atomic E-state index is -0.0317. The number of benzene rings is 2. The lowest BCUT2D eigenvalue weighted by molar-refractivity contribution is -0.116. The standard InChI is InChI=1S/C21H18N4O/c26-21(24-20-15-23-19-14-22-12-13-25(19)20)11-8-16-6-9-18(10-7-16)17-4-2-1-3-5-17/h1-7,9-10,12-15H,8,11H2,(H,24,26). The topological polar surface area (TPSA) is 59.3 Å². The Morgan fingerprint density at radius 2 is 1.73 bits per heavy atom. The SMILES string of the molecule is O=C(CCc1ccc(-c2ccccc2)cc1)Nc1cnc2cnccn12. The number of nitrogens with zero attached hydrogens (tertiary/aromatic N) is 3. The summed E-state index contributed by atoms with van der Waals surface area (Å²) in [5.74, 6) is 0.627. The lowest BCUT2D eigenvalue weighted by Gasteiger charge is -2.06. The van der Waals surface area contributed by atoms with Crippen molar-refractivity contribution in [2.24, 2.45) is 0 Å². The summed E-state index contributed by atoms with van der Waals surface area (Å²) in [7, 11) is 0. The number of carbonyl (C=O) groups excluding carboxylic acids is 1. The Morgan fingerprint density at radius 3 is 2.54 bits per heavy atom. The van der Waals surface area contributed by atoms with Gasteiger partial charge in [0, 0.05) is 18.8 Å². The number of aromatic nitrogens is 3. The van der Waals surface area contributed by atoms with Gasteiger partial charge in [-0.25, -0.2) is 4.98 Å². The predicted molar refractivity (Wildman–Crippen MR) is 102 cm³/mol. The number of aryl methyl sites for hydroxylation is 1. The second-order valence-electron chi connectivity index (χ2n) is 6.06. The van der Waals surface area contributed by atoms with Crippen LogP contribution < -0.4 is 5.32 Å². The van der Waals surface area contributed by atoms with E-state index in [1.54, 1.807) is 29.2 Å². The van der Waals surface area contributed by atoms with Gasteiger partial charge in [0.05, 0.1) is 12.4 Å². The van der Waals surface area contributed by atoms with Crippen LogP contribution in [0.1, 0.15) is 12.0 Å². The van der Waals surface area contributed by atoms with Crippen LogP contribution in [-0.2, 0) is 11.2 Å². The molecule has 5 nitrogen and oxygen atoms in total. The van der Waals surface area contributed by atoms with Crippen molar-refractivity contribution in [2.75, 3.05) is 5.32 Å². The fourth-order valence-corrected chi connectivity index (χ4v) is 2.89. The number of fused-ring (bicyclic) bond motifs is 1. The van der Waals surface area contributed by atoms with E-state index in [1.807, 2.05) is 18.2 Å². The van der Waals surface area contributed by atoms with Crippen LogP contribution in [0.4, 0.5) is 5.82 Å². The quantitative estimate of drug-likeness (QED) is 0.597. The first-order valence-electron chi connectivity index (χ1n) is 8.51. The molecule has 0 atom stereocenters. The first kappa shape index (κ1) is 16.0. The molecular formula is C21H18N4O. The highest BCUT2D eigenvalue weighted by Crippen LogP contribution is 2.20. The lowest BCUT2D eigenvalue weighted by atomic mass is 10.0. The first-order chi connectivity index (χ1) is 12.8. The minimum absolute atomic E-state index is 0.0317. The number of hydrogen-bond donors (Lipinski definition) is 1. The summed E-state index contributed by atoms with van der Waals surface area (Å²) >= 11 is 0. The molecule has 0 aliphatic heterocycles. The van der Waals surface area contributed by atoms with E-state index in [0.29, 0.717) is 24.3 Å². The molecule has 0 aliphatic carbocycles. The van der Waals surface area contributed by atoms with E-state index in [0.717, 1.165) is 5.56 Å². The van der Waals surface area contributed by atoms with Crippen molar-refractivity contribution in [2.45, 2.75) is 12.8 Å². The Hall–Kier alpha value is -3.47. The predicted octanol–water partition coefficient (Wildman–Crippen LogP) is 3.97. The van der Waals surface area contributed by atoms with Crippen molar-refractivity contribution >= 4 is 17.4 Å². The summed E-state index contributed by atoms with van der Waals surface area (Å²) in [6.45, 7) is 0. The lowest BCUT2D eigenvalue weighted by Crippen LogP contribution is -2.13. The number of carbonyl (C=O) groups is 1. The van der Waals surface area contributed by atoms with Gasteiger partial charge in [-0.1, -0.05) is 54.6 Å². The smallest absolute Gasteiger partial charge is 0.225 e. The Balaban J connectivity index is 1.37. The van der Waals surface area contributed by atoms with Crippen LogP contribution in [0, 0.1) is 0 Å². The number of nitrogens with one attached hydrogen (secondary N) is 1. The van der Waals surface area contributed by atoms with Gasteiger partial charge in [-0.3, -0.25) is 14.2 Å². The second-order valence-corrected chi connectivity index (χ2v) is 6.06. The molecule has 26 heavy (non-hydrogen) atoms. The molecule has 0 unspecified atom stereocenters. The molecule has 0 spiro atoms. The van der Waals surface area contributed by atoms with E-state index in [1.165, 1.54) is 11.1 Å². The maximum absolute atomic E-state index is 12.2. The molecule has 0 radical (unpaired) electrons. The van der Waals surface area contributed by atoms with Gasteiger partial charge in [-0.2, -0.15) is 0 Å². The van der Waals surface area contributed by atoms with E-state index in [2.05, 4.69) is 51.7 Å². The number of rotatable bonds is 5. The van der Waals surface area contributed by atoms with Gasteiger partial charge < -0.3 is 5.32 Å². The molecule has 0 saturated carbocycles. The van der Waals surface area contributed by atoms with E-state index in [9.17, 15) is 4.79 Å². The van der Waals surface area contributed by atoms with Crippen molar-refractivity contribution in [3.8, 4) is 11.1 Å². The molecule has 2 heterocycles. The summed E-state index contributed by atoms with van der Waals surface area (Å²) in [5.41, 5.74) is 4.22. The second kappa shape index (κ2) is 7.19. The van der Waals surface area contributed by atoms with Gasteiger partial charge in [0.1, 0.15) is 5.82 Å². The van der Waals surface area contributed by atoms with Gasteiger partial charge in [0.25, 0.3) is 0 Å². The fraction of sp³-hybridized carbons (Fsp3) is 0.0952. The average molecular weight is 342 g/mol. The van der Waals surface area contributed by atoms with Crippen molar-refractivity contribution in [3.05, 3.63) is 84.9 Å². The highest BCUT2D eigenvalue weighted by molar-refractivity contribution is 5.90. The van der Waals surface area contributed by atoms with Crippen molar-refractivity contribution in [1.82, 2.24) is 14.4 Å². The number of amides is 1. The van der Waals surface area contributed by atoms with Crippen LogP contribution in [0.25, 0.3) is 16.8 Å². The molecule has 0 saturated heterocycles. The molecule has 0 aliphatic rings. The van der Waals surface area contributed by atoms with Crippen LogP contribution in [0.3, 0.4) is 0 Å². The Kier molecular flexibility index (Phi) is 4.43. The highest BCUT2D eigenvalue weighted by atomic mass is 16.1.